The van der Waals surface area contributed by atoms with Crippen LogP contribution < -0.4 is 5.32 Å². The highest BCUT2D eigenvalue weighted by Gasteiger charge is 2.18. The molecule has 0 heterocycles. The molecule has 1 atom stereocenters. The van der Waals surface area contributed by atoms with Crippen molar-refractivity contribution >= 4 is 5.97 Å². The van der Waals surface area contributed by atoms with Crippen molar-refractivity contribution in [2.24, 2.45) is 5.92 Å². The molecule has 0 unspecified atom stereocenters. The Balaban J connectivity index is 2.64. The second-order valence-corrected chi connectivity index (χ2v) is 5.33. The zero-order valence-corrected chi connectivity index (χ0v) is 11.7. The predicted molar refractivity (Wildman–Crippen MR) is 73.6 cm³/mol. The molecule has 1 aromatic rings. The number of carbonyl (C=O) groups is 1. The van der Waals surface area contributed by atoms with Gasteiger partial charge in [0.05, 0.1) is 0 Å². The largest absolute Gasteiger partial charge is 0.480 e. The van der Waals surface area contributed by atoms with E-state index in [2.05, 4.69) is 37.4 Å². The van der Waals surface area contributed by atoms with Gasteiger partial charge in [-0.3, -0.25) is 4.79 Å². The molecule has 1 aromatic carbocycles. The normalized spacial score (nSPS) is 12.7. The number of benzene rings is 1. The Morgan fingerprint density at radius 3 is 2.50 bits per heavy atom. The molecule has 0 saturated carbocycles. The first kappa shape index (κ1) is 14.7. The Bertz CT molecular complexity index is 413. The minimum atomic E-state index is -0.770. The van der Waals surface area contributed by atoms with E-state index in [1.165, 1.54) is 11.1 Å². The van der Waals surface area contributed by atoms with Crippen molar-refractivity contribution in [2.75, 3.05) is 0 Å². The number of carboxylic acid groups (broad SMARTS) is 1. The molecule has 0 aliphatic heterocycles. The summed E-state index contributed by atoms with van der Waals surface area (Å²) in [7, 11) is 0. The van der Waals surface area contributed by atoms with E-state index in [0.29, 0.717) is 18.9 Å². The van der Waals surface area contributed by atoms with Crippen LogP contribution in [0.4, 0.5) is 0 Å². The minimum absolute atomic E-state index is 0.373. The predicted octanol–water partition coefficient (Wildman–Crippen LogP) is 2.89. The fourth-order valence-electron chi connectivity index (χ4n) is 2.02. The summed E-state index contributed by atoms with van der Waals surface area (Å²) in [6, 6.07) is 5.77. The molecule has 0 aromatic heterocycles. The maximum Gasteiger partial charge on any atom is 0.320 e. The van der Waals surface area contributed by atoms with Crippen molar-refractivity contribution in [3.8, 4) is 0 Å². The molecule has 100 valence electrons. The van der Waals surface area contributed by atoms with Crippen molar-refractivity contribution < 1.29 is 9.90 Å². The van der Waals surface area contributed by atoms with Gasteiger partial charge in [0.1, 0.15) is 6.04 Å². The van der Waals surface area contributed by atoms with Gasteiger partial charge in [0.2, 0.25) is 0 Å². The van der Waals surface area contributed by atoms with Crippen LogP contribution in [-0.2, 0) is 11.3 Å². The van der Waals surface area contributed by atoms with Gasteiger partial charge in [-0.15, -0.1) is 0 Å². The van der Waals surface area contributed by atoms with Crippen molar-refractivity contribution in [3.63, 3.8) is 0 Å². The quantitative estimate of drug-likeness (QED) is 0.815. The molecule has 0 aliphatic carbocycles. The van der Waals surface area contributed by atoms with Gasteiger partial charge in [-0.2, -0.15) is 0 Å². The molecule has 0 saturated heterocycles. The van der Waals surface area contributed by atoms with E-state index < -0.39 is 12.0 Å². The Labute approximate surface area is 109 Å². The van der Waals surface area contributed by atoms with E-state index in [-0.39, 0.29) is 0 Å². The first-order valence-electron chi connectivity index (χ1n) is 6.42. The third kappa shape index (κ3) is 4.49. The summed E-state index contributed by atoms with van der Waals surface area (Å²) in [6.07, 6.45) is 0.653. The van der Waals surface area contributed by atoms with Gasteiger partial charge in [-0.25, -0.2) is 0 Å². The second-order valence-electron chi connectivity index (χ2n) is 5.33. The number of hydrogen-bond acceptors (Lipinski definition) is 2. The van der Waals surface area contributed by atoms with Gasteiger partial charge in [0.15, 0.2) is 0 Å². The van der Waals surface area contributed by atoms with Crippen molar-refractivity contribution in [1.82, 2.24) is 5.32 Å². The molecule has 0 aliphatic rings. The van der Waals surface area contributed by atoms with E-state index in [1.807, 2.05) is 13.8 Å². The molecular weight excluding hydrogens is 226 g/mol. The average Bonchev–Trinajstić information content (AvgIpc) is 2.25. The lowest BCUT2D eigenvalue weighted by molar-refractivity contribution is -0.140. The van der Waals surface area contributed by atoms with Gasteiger partial charge in [-0.05, 0) is 37.3 Å². The van der Waals surface area contributed by atoms with Crippen LogP contribution in [0.5, 0.6) is 0 Å². The molecule has 3 nitrogen and oxygen atoms in total. The summed E-state index contributed by atoms with van der Waals surface area (Å²) in [5.74, 6) is -0.397. The Morgan fingerprint density at radius 2 is 2.00 bits per heavy atom. The third-order valence-corrected chi connectivity index (χ3v) is 3.04. The summed E-state index contributed by atoms with van der Waals surface area (Å²) in [5.41, 5.74) is 3.60. The summed E-state index contributed by atoms with van der Waals surface area (Å²) < 4.78 is 0. The molecule has 18 heavy (non-hydrogen) atoms. The van der Waals surface area contributed by atoms with Crippen LogP contribution in [0.1, 0.15) is 37.0 Å². The van der Waals surface area contributed by atoms with Gasteiger partial charge in [0, 0.05) is 6.54 Å². The monoisotopic (exact) mass is 249 g/mol. The molecule has 3 heteroatoms. The van der Waals surface area contributed by atoms with Gasteiger partial charge >= 0.3 is 5.97 Å². The highest BCUT2D eigenvalue weighted by Crippen LogP contribution is 2.12. The lowest BCUT2D eigenvalue weighted by Gasteiger charge is -2.17. The van der Waals surface area contributed by atoms with Crippen LogP contribution >= 0.6 is 0 Å². The van der Waals surface area contributed by atoms with E-state index in [0.717, 1.165) is 5.56 Å². The topological polar surface area (TPSA) is 49.3 Å². The maximum absolute atomic E-state index is 11.1. The Morgan fingerprint density at radius 1 is 1.33 bits per heavy atom. The second kappa shape index (κ2) is 6.55. The van der Waals surface area contributed by atoms with Gasteiger partial charge < -0.3 is 10.4 Å². The average molecular weight is 249 g/mol. The number of rotatable bonds is 6. The number of carboxylic acids is 1. The zero-order valence-electron chi connectivity index (χ0n) is 11.7. The number of aryl methyl sites for hydroxylation is 2. The highest BCUT2D eigenvalue weighted by atomic mass is 16.4. The van der Waals surface area contributed by atoms with Crippen molar-refractivity contribution in [1.29, 1.82) is 0 Å². The van der Waals surface area contributed by atoms with Crippen LogP contribution in [0, 0.1) is 19.8 Å². The molecular formula is C15H23NO2. The van der Waals surface area contributed by atoms with Crippen LogP contribution in [0.15, 0.2) is 18.2 Å². The van der Waals surface area contributed by atoms with Crippen molar-refractivity contribution in [2.45, 2.75) is 46.7 Å². The van der Waals surface area contributed by atoms with E-state index in [1.54, 1.807) is 0 Å². The molecule has 2 N–H and O–H groups in total. The lowest BCUT2D eigenvalue weighted by Crippen LogP contribution is -2.37. The first-order chi connectivity index (χ1) is 8.40. The van der Waals surface area contributed by atoms with Crippen LogP contribution in [-0.4, -0.2) is 17.1 Å². The smallest absolute Gasteiger partial charge is 0.320 e. The maximum atomic E-state index is 11.1. The zero-order chi connectivity index (χ0) is 13.7. The molecule has 0 spiro atoms. The number of hydrogen-bond donors (Lipinski definition) is 2. The SMILES string of the molecule is Cc1ccc(CN[C@@H](CC(C)C)C(=O)O)c(C)c1. The summed E-state index contributed by atoms with van der Waals surface area (Å²) in [5, 5.41) is 12.3. The van der Waals surface area contributed by atoms with Crippen LogP contribution in [0.3, 0.4) is 0 Å². The van der Waals surface area contributed by atoms with Crippen LogP contribution in [0.2, 0.25) is 0 Å². The van der Waals surface area contributed by atoms with Gasteiger partial charge in [0.25, 0.3) is 0 Å². The summed E-state index contributed by atoms with van der Waals surface area (Å²) in [4.78, 5) is 11.1. The van der Waals surface area contributed by atoms with E-state index in [4.69, 9.17) is 5.11 Å². The number of nitrogens with one attached hydrogen (secondary N) is 1. The molecule has 0 radical (unpaired) electrons. The number of aliphatic carboxylic acids is 1. The fraction of sp³-hybridized carbons (Fsp3) is 0.533. The summed E-state index contributed by atoms with van der Waals surface area (Å²) in [6.45, 7) is 8.80. The molecule has 1 rings (SSSR count). The van der Waals surface area contributed by atoms with Gasteiger partial charge in [-0.1, -0.05) is 37.6 Å². The van der Waals surface area contributed by atoms with Crippen molar-refractivity contribution in [3.05, 3.63) is 34.9 Å². The van der Waals surface area contributed by atoms with Crippen LogP contribution in [0.25, 0.3) is 0 Å². The minimum Gasteiger partial charge on any atom is -0.480 e. The third-order valence-electron chi connectivity index (χ3n) is 3.04. The van der Waals surface area contributed by atoms with E-state index >= 15 is 0 Å². The fourth-order valence-corrected chi connectivity index (χ4v) is 2.02. The highest BCUT2D eigenvalue weighted by molar-refractivity contribution is 5.73. The Hall–Kier alpha value is -1.35. The first-order valence-corrected chi connectivity index (χ1v) is 6.42. The molecule has 0 fully saturated rings. The van der Waals surface area contributed by atoms with E-state index in [9.17, 15) is 4.79 Å². The standard InChI is InChI=1S/C15H23NO2/c1-10(2)7-14(15(17)18)16-9-13-6-5-11(3)8-12(13)4/h5-6,8,10,14,16H,7,9H2,1-4H3,(H,17,18)/t14-/m0/s1. The Kier molecular flexibility index (Phi) is 5.35. The molecule has 0 bridgehead atoms. The molecule has 0 amide bonds. The lowest BCUT2D eigenvalue weighted by atomic mass is 10.0. The summed E-state index contributed by atoms with van der Waals surface area (Å²) >= 11 is 0.